The molecule has 0 bridgehead atoms. The van der Waals surface area contributed by atoms with Gasteiger partial charge in [0.05, 0.1) is 5.41 Å². The summed E-state index contributed by atoms with van der Waals surface area (Å²) in [7, 11) is 0. The van der Waals surface area contributed by atoms with Gasteiger partial charge in [-0.2, -0.15) is 0 Å². The van der Waals surface area contributed by atoms with Crippen LogP contribution in [-0.4, -0.2) is 25.5 Å². The molecule has 1 aromatic rings. The van der Waals surface area contributed by atoms with Gasteiger partial charge in [-0.1, -0.05) is 19.1 Å². The molecular weight excluding hydrogens is 231 g/mol. The fourth-order valence-electron chi connectivity index (χ4n) is 1.67. The summed E-state index contributed by atoms with van der Waals surface area (Å²) in [5, 5.41) is 5.98. The van der Waals surface area contributed by atoms with E-state index in [0.29, 0.717) is 12.1 Å². The number of halogens is 1. The molecule has 1 aromatic carbocycles. The fraction of sp³-hybridized carbons (Fsp3) is 0.500. The van der Waals surface area contributed by atoms with Gasteiger partial charge in [0.2, 0.25) is 5.91 Å². The van der Waals surface area contributed by atoms with Crippen molar-refractivity contribution in [2.45, 2.75) is 26.2 Å². The van der Waals surface area contributed by atoms with Crippen molar-refractivity contribution in [1.29, 1.82) is 0 Å². The molecule has 0 saturated heterocycles. The second-order valence-electron chi connectivity index (χ2n) is 4.74. The van der Waals surface area contributed by atoms with Crippen LogP contribution in [0.25, 0.3) is 0 Å². The quantitative estimate of drug-likeness (QED) is 0.758. The van der Waals surface area contributed by atoms with E-state index in [0.717, 1.165) is 13.1 Å². The van der Waals surface area contributed by atoms with Crippen LogP contribution in [0, 0.1) is 5.82 Å². The maximum atomic E-state index is 13.2. The molecule has 0 heterocycles. The number of rotatable bonds is 6. The summed E-state index contributed by atoms with van der Waals surface area (Å²) in [4.78, 5) is 12.1. The third-order valence-electron chi connectivity index (χ3n) is 2.95. The summed E-state index contributed by atoms with van der Waals surface area (Å²) in [6.07, 6.45) is 0. The first-order valence-corrected chi connectivity index (χ1v) is 6.23. The van der Waals surface area contributed by atoms with Crippen LogP contribution in [0.4, 0.5) is 4.39 Å². The lowest BCUT2D eigenvalue weighted by molar-refractivity contribution is -0.125. The highest BCUT2D eigenvalue weighted by molar-refractivity contribution is 5.87. The standard InChI is InChI=1S/C14H21FN2O/c1-4-16-8-9-17-13(18)14(2,3)11-6-5-7-12(15)10-11/h5-7,10,16H,4,8-9H2,1-3H3,(H,17,18). The van der Waals surface area contributed by atoms with E-state index in [2.05, 4.69) is 10.6 Å². The monoisotopic (exact) mass is 252 g/mol. The van der Waals surface area contributed by atoms with E-state index in [1.807, 2.05) is 6.92 Å². The van der Waals surface area contributed by atoms with Gasteiger partial charge in [-0.15, -0.1) is 0 Å². The number of carbonyl (C=O) groups excluding carboxylic acids is 1. The van der Waals surface area contributed by atoms with Gasteiger partial charge in [-0.05, 0) is 38.1 Å². The van der Waals surface area contributed by atoms with Gasteiger partial charge in [0.25, 0.3) is 0 Å². The molecule has 100 valence electrons. The molecule has 0 aliphatic heterocycles. The predicted octanol–water partition coefficient (Wildman–Crippen LogP) is 1.83. The average Bonchev–Trinajstić information content (AvgIpc) is 2.34. The van der Waals surface area contributed by atoms with Crippen LogP contribution in [-0.2, 0) is 10.2 Å². The number of carbonyl (C=O) groups is 1. The lowest BCUT2D eigenvalue weighted by atomic mass is 9.83. The van der Waals surface area contributed by atoms with Gasteiger partial charge in [0.15, 0.2) is 0 Å². The largest absolute Gasteiger partial charge is 0.354 e. The summed E-state index contributed by atoms with van der Waals surface area (Å²) >= 11 is 0. The Morgan fingerprint density at radius 2 is 2.06 bits per heavy atom. The molecule has 0 fully saturated rings. The van der Waals surface area contributed by atoms with E-state index in [9.17, 15) is 9.18 Å². The molecule has 18 heavy (non-hydrogen) atoms. The molecule has 0 unspecified atom stereocenters. The Morgan fingerprint density at radius 3 is 2.67 bits per heavy atom. The molecule has 1 amide bonds. The minimum Gasteiger partial charge on any atom is -0.354 e. The molecule has 0 radical (unpaired) electrons. The third-order valence-corrected chi connectivity index (χ3v) is 2.95. The third kappa shape index (κ3) is 3.81. The number of nitrogens with one attached hydrogen (secondary N) is 2. The zero-order valence-electron chi connectivity index (χ0n) is 11.2. The van der Waals surface area contributed by atoms with Crippen molar-refractivity contribution in [3.8, 4) is 0 Å². The first kappa shape index (κ1) is 14.6. The van der Waals surface area contributed by atoms with E-state index < -0.39 is 5.41 Å². The van der Waals surface area contributed by atoms with Crippen LogP contribution >= 0.6 is 0 Å². The van der Waals surface area contributed by atoms with E-state index >= 15 is 0 Å². The SMILES string of the molecule is CCNCCNC(=O)C(C)(C)c1cccc(F)c1. The maximum Gasteiger partial charge on any atom is 0.230 e. The lowest BCUT2D eigenvalue weighted by Crippen LogP contribution is -2.42. The van der Waals surface area contributed by atoms with Crippen molar-refractivity contribution < 1.29 is 9.18 Å². The van der Waals surface area contributed by atoms with Crippen molar-refractivity contribution in [3.63, 3.8) is 0 Å². The predicted molar refractivity (Wildman–Crippen MR) is 71.0 cm³/mol. The maximum absolute atomic E-state index is 13.2. The van der Waals surface area contributed by atoms with Crippen LogP contribution in [0.1, 0.15) is 26.3 Å². The molecule has 4 heteroatoms. The highest BCUT2D eigenvalue weighted by atomic mass is 19.1. The minimum absolute atomic E-state index is 0.0917. The molecule has 0 aliphatic rings. The van der Waals surface area contributed by atoms with E-state index in [1.165, 1.54) is 12.1 Å². The molecule has 1 rings (SSSR count). The number of hydrogen-bond acceptors (Lipinski definition) is 2. The molecular formula is C14H21FN2O. The first-order valence-electron chi connectivity index (χ1n) is 6.23. The Balaban J connectivity index is 2.65. The van der Waals surface area contributed by atoms with Crippen molar-refractivity contribution in [2.24, 2.45) is 0 Å². The van der Waals surface area contributed by atoms with E-state index in [1.54, 1.807) is 26.0 Å². The summed E-state index contributed by atoms with van der Waals surface area (Å²) in [6.45, 7) is 7.79. The smallest absolute Gasteiger partial charge is 0.230 e. The Hall–Kier alpha value is -1.42. The fourth-order valence-corrected chi connectivity index (χ4v) is 1.67. The Bertz CT molecular complexity index is 405. The molecule has 0 atom stereocenters. The van der Waals surface area contributed by atoms with Crippen LogP contribution < -0.4 is 10.6 Å². The summed E-state index contributed by atoms with van der Waals surface area (Å²) in [6, 6.07) is 6.18. The Kier molecular flexibility index (Phi) is 5.28. The normalized spacial score (nSPS) is 11.3. The van der Waals surface area contributed by atoms with Crippen molar-refractivity contribution in [3.05, 3.63) is 35.6 Å². The van der Waals surface area contributed by atoms with Crippen LogP contribution in [0.2, 0.25) is 0 Å². The minimum atomic E-state index is -0.728. The summed E-state index contributed by atoms with van der Waals surface area (Å²) in [5.41, 5.74) is -0.0441. The lowest BCUT2D eigenvalue weighted by Gasteiger charge is -2.24. The molecule has 0 aromatic heterocycles. The van der Waals surface area contributed by atoms with Gasteiger partial charge >= 0.3 is 0 Å². The Labute approximate surface area is 108 Å². The number of hydrogen-bond donors (Lipinski definition) is 2. The van der Waals surface area contributed by atoms with E-state index in [4.69, 9.17) is 0 Å². The van der Waals surface area contributed by atoms with Gasteiger partial charge in [0.1, 0.15) is 5.82 Å². The molecule has 2 N–H and O–H groups in total. The molecule has 0 aliphatic carbocycles. The van der Waals surface area contributed by atoms with Crippen LogP contribution in [0.15, 0.2) is 24.3 Å². The summed E-state index contributed by atoms with van der Waals surface area (Å²) in [5.74, 6) is -0.410. The van der Waals surface area contributed by atoms with Crippen LogP contribution in [0.3, 0.4) is 0 Å². The highest BCUT2D eigenvalue weighted by Gasteiger charge is 2.29. The average molecular weight is 252 g/mol. The van der Waals surface area contributed by atoms with E-state index in [-0.39, 0.29) is 11.7 Å². The molecule has 3 nitrogen and oxygen atoms in total. The van der Waals surface area contributed by atoms with Crippen molar-refractivity contribution >= 4 is 5.91 Å². The van der Waals surface area contributed by atoms with Crippen LogP contribution in [0.5, 0.6) is 0 Å². The van der Waals surface area contributed by atoms with Gasteiger partial charge in [0, 0.05) is 13.1 Å². The molecule has 0 spiro atoms. The van der Waals surface area contributed by atoms with Gasteiger partial charge in [-0.25, -0.2) is 4.39 Å². The van der Waals surface area contributed by atoms with Crippen molar-refractivity contribution in [2.75, 3.05) is 19.6 Å². The van der Waals surface area contributed by atoms with Gasteiger partial charge < -0.3 is 10.6 Å². The summed E-state index contributed by atoms with van der Waals surface area (Å²) < 4.78 is 13.2. The number of likely N-dealkylation sites (N-methyl/N-ethyl adjacent to an activating group) is 1. The van der Waals surface area contributed by atoms with Gasteiger partial charge in [-0.3, -0.25) is 4.79 Å². The Morgan fingerprint density at radius 1 is 1.33 bits per heavy atom. The topological polar surface area (TPSA) is 41.1 Å². The second-order valence-corrected chi connectivity index (χ2v) is 4.74. The second kappa shape index (κ2) is 6.50. The zero-order chi connectivity index (χ0) is 13.6. The number of benzene rings is 1. The molecule has 0 saturated carbocycles. The zero-order valence-corrected chi connectivity index (χ0v) is 11.2. The van der Waals surface area contributed by atoms with Crippen molar-refractivity contribution in [1.82, 2.24) is 10.6 Å². The first-order chi connectivity index (χ1) is 8.48. The number of amides is 1. The highest BCUT2D eigenvalue weighted by Crippen LogP contribution is 2.23.